The lowest BCUT2D eigenvalue weighted by Gasteiger charge is -2.14. The summed E-state index contributed by atoms with van der Waals surface area (Å²) >= 11 is 0. The lowest BCUT2D eigenvalue weighted by molar-refractivity contribution is -0.115. The fraction of sp³-hybridized carbons (Fsp3) is 0.316. The van der Waals surface area contributed by atoms with Gasteiger partial charge < -0.3 is 5.32 Å². The molecule has 5 nitrogen and oxygen atoms in total. The maximum atomic E-state index is 12.3. The first-order valence-electron chi connectivity index (χ1n) is 8.26. The summed E-state index contributed by atoms with van der Waals surface area (Å²) in [5.74, 6) is -0.0725. The van der Waals surface area contributed by atoms with E-state index in [4.69, 9.17) is 0 Å². The van der Waals surface area contributed by atoms with Gasteiger partial charge in [-0.3, -0.25) is 9.52 Å². The summed E-state index contributed by atoms with van der Waals surface area (Å²) in [5, 5.41) is 2.86. The third kappa shape index (κ3) is 5.60. The van der Waals surface area contributed by atoms with Crippen LogP contribution >= 0.6 is 0 Å². The summed E-state index contributed by atoms with van der Waals surface area (Å²) in [4.78, 5) is 12.3. The van der Waals surface area contributed by atoms with Crippen molar-refractivity contribution >= 4 is 27.3 Å². The van der Waals surface area contributed by atoms with E-state index in [9.17, 15) is 13.2 Å². The van der Waals surface area contributed by atoms with Crippen LogP contribution in [0.3, 0.4) is 0 Å². The van der Waals surface area contributed by atoms with Crippen LogP contribution in [0.2, 0.25) is 0 Å². The highest BCUT2D eigenvalue weighted by molar-refractivity contribution is 7.92. The second-order valence-corrected chi connectivity index (χ2v) is 7.95. The second kappa shape index (κ2) is 8.16. The van der Waals surface area contributed by atoms with Crippen molar-refractivity contribution in [3.05, 3.63) is 59.2 Å². The Balaban J connectivity index is 2.10. The Morgan fingerprint density at radius 3 is 2.28 bits per heavy atom. The molecule has 0 fully saturated rings. The molecule has 2 aromatic carbocycles. The highest BCUT2D eigenvalue weighted by Crippen LogP contribution is 2.24. The van der Waals surface area contributed by atoms with Gasteiger partial charge in [0, 0.05) is 5.69 Å². The van der Waals surface area contributed by atoms with Crippen LogP contribution in [0.5, 0.6) is 0 Å². The molecule has 0 spiro atoms. The van der Waals surface area contributed by atoms with Gasteiger partial charge in [-0.15, -0.1) is 0 Å². The molecule has 2 rings (SSSR count). The normalized spacial score (nSPS) is 11.2. The molecule has 0 unspecified atom stereocenters. The maximum Gasteiger partial charge on any atom is 0.232 e. The lowest BCUT2D eigenvalue weighted by Crippen LogP contribution is -2.18. The predicted octanol–water partition coefficient (Wildman–Crippen LogP) is 3.64. The van der Waals surface area contributed by atoms with E-state index in [0.29, 0.717) is 23.4 Å². The van der Waals surface area contributed by atoms with Gasteiger partial charge in [0.1, 0.15) is 0 Å². The summed E-state index contributed by atoms with van der Waals surface area (Å²) in [6.07, 6.45) is 0.812. The SMILES string of the molecule is CCCS(=O)(=O)Nc1cccc(NC(=O)Cc2ccc(C)cc2)c1C. The van der Waals surface area contributed by atoms with Crippen molar-refractivity contribution < 1.29 is 13.2 Å². The van der Waals surface area contributed by atoms with Gasteiger partial charge in [-0.05, 0) is 43.5 Å². The van der Waals surface area contributed by atoms with Crippen molar-refractivity contribution in [2.75, 3.05) is 15.8 Å². The van der Waals surface area contributed by atoms with Crippen LogP contribution < -0.4 is 10.0 Å². The molecule has 0 heterocycles. The van der Waals surface area contributed by atoms with Crippen LogP contribution in [0.25, 0.3) is 0 Å². The number of anilines is 2. The molecule has 2 N–H and O–H groups in total. The maximum absolute atomic E-state index is 12.3. The minimum absolute atomic E-state index is 0.0659. The third-order valence-corrected chi connectivity index (χ3v) is 5.31. The van der Waals surface area contributed by atoms with E-state index < -0.39 is 10.0 Å². The van der Waals surface area contributed by atoms with Crippen LogP contribution in [-0.4, -0.2) is 20.1 Å². The Morgan fingerprint density at radius 1 is 1.00 bits per heavy atom. The molecule has 6 heteroatoms. The van der Waals surface area contributed by atoms with Gasteiger partial charge >= 0.3 is 0 Å². The Labute approximate surface area is 149 Å². The molecule has 0 aliphatic heterocycles. The lowest BCUT2D eigenvalue weighted by atomic mass is 10.1. The van der Waals surface area contributed by atoms with E-state index in [2.05, 4.69) is 10.0 Å². The van der Waals surface area contributed by atoms with Gasteiger partial charge in [0.05, 0.1) is 17.9 Å². The Kier molecular flexibility index (Phi) is 6.20. The zero-order valence-electron chi connectivity index (χ0n) is 14.8. The van der Waals surface area contributed by atoms with Crippen molar-refractivity contribution in [2.45, 2.75) is 33.6 Å². The molecule has 0 saturated heterocycles. The molecule has 0 saturated carbocycles. The average Bonchev–Trinajstić information content (AvgIpc) is 2.53. The highest BCUT2D eigenvalue weighted by Gasteiger charge is 2.13. The summed E-state index contributed by atoms with van der Waals surface area (Å²) in [6.45, 7) is 5.59. The molecule has 0 atom stereocenters. The number of rotatable bonds is 7. The number of hydrogen-bond donors (Lipinski definition) is 2. The first-order chi connectivity index (χ1) is 11.8. The number of aryl methyl sites for hydroxylation is 1. The molecule has 2 aromatic rings. The smallest absolute Gasteiger partial charge is 0.232 e. The molecule has 0 aromatic heterocycles. The van der Waals surface area contributed by atoms with Crippen molar-refractivity contribution in [1.82, 2.24) is 0 Å². The van der Waals surface area contributed by atoms with Gasteiger partial charge in [-0.2, -0.15) is 0 Å². The zero-order valence-corrected chi connectivity index (χ0v) is 15.6. The van der Waals surface area contributed by atoms with Crippen LogP contribution in [0.1, 0.15) is 30.0 Å². The number of carbonyl (C=O) groups is 1. The number of benzene rings is 2. The quantitative estimate of drug-likeness (QED) is 0.791. The van der Waals surface area contributed by atoms with Crippen LogP contribution in [0.4, 0.5) is 11.4 Å². The second-order valence-electron chi connectivity index (χ2n) is 6.11. The number of hydrogen-bond acceptors (Lipinski definition) is 3. The molecular formula is C19H24N2O3S. The van der Waals surface area contributed by atoms with Gasteiger partial charge in [-0.1, -0.05) is 42.8 Å². The molecule has 0 bridgehead atoms. The van der Waals surface area contributed by atoms with Crippen molar-refractivity contribution in [1.29, 1.82) is 0 Å². The standard InChI is InChI=1S/C19H24N2O3S/c1-4-12-25(23,24)21-18-7-5-6-17(15(18)3)20-19(22)13-16-10-8-14(2)9-11-16/h5-11,21H,4,12-13H2,1-3H3,(H,20,22). The molecule has 134 valence electrons. The van der Waals surface area contributed by atoms with Crippen LogP contribution in [0, 0.1) is 13.8 Å². The monoisotopic (exact) mass is 360 g/mol. The molecule has 0 radical (unpaired) electrons. The number of sulfonamides is 1. The Hall–Kier alpha value is -2.34. The fourth-order valence-corrected chi connectivity index (χ4v) is 3.65. The van der Waals surface area contributed by atoms with E-state index in [-0.39, 0.29) is 18.1 Å². The van der Waals surface area contributed by atoms with Gasteiger partial charge in [0.15, 0.2) is 0 Å². The van der Waals surface area contributed by atoms with E-state index >= 15 is 0 Å². The van der Waals surface area contributed by atoms with E-state index in [0.717, 1.165) is 11.1 Å². The first kappa shape index (κ1) is 19.0. The van der Waals surface area contributed by atoms with Gasteiger partial charge in [0.2, 0.25) is 15.9 Å². The van der Waals surface area contributed by atoms with Gasteiger partial charge in [-0.25, -0.2) is 8.42 Å². The minimum atomic E-state index is -3.37. The average molecular weight is 360 g/mol. The van der Waals surface area contributed by atoms with Crippen molar-refractivity contribution in [3.63, 3.8) is 0 Å². The minimum Gasteiger partial charge on any atom is -0.325 e. The predicted molar refractivity (Wildman–Crippen MR) is 102 cm³/mol. The third-order valence-electron chi connectivity index (χ3n) is 3.83. The Bertz CT molecular complexity index is 843. The van der Waals surface area contributed by atoms with E-state index in [1.807, 2.05) is 38.1 Å². The highest BCUT2D eigenvalue weighted by atomic mass is 32.2. The summed E-state index contributed by atoms with van der Waals surface area (Å²) < 4.78 is 26.5. The fourth-order valence-electron chi connectivity index (χ4n) is 2.45. The molecule has 0 aliphatic rings. The zero-order chi connectivity index (χ0) is 18.4. The van der Waals surface area contributed by atoms with E-state index in [1.54, 1.807) is 25.1 Å². The number of carbonyl (C=O) groups excluding carboxylic acids is 1. The Morgan fingerprint density at radius 2 is 1.64 bits per heavy atom. The van der Waals surface area contributed by atoms with E-state index in [1.165, 1.54) is 0 Å². The molecule has 1 amide bonds. The van der Waals surface area contributed by atoms with Crippen molar-refractivity contribution in [3.8, 4) is 0 Å². The molecule has 25 heavy (non-hydrogen) atoms. The number of nitrogens with one attached hydrogen (secondary N) is 2. The summed E-state index contributed by atoms with van der Waals surface area (Å²) in [6, 6.07) is 13.0. The largest absolute Gasteiger partial charge is 0.325 e. The van der Waals surface area contributed by atoms with Crippen LogP contribution in [0.15, 0.2) is 42.5 Å². The molecule has 0 aliphatic carbocycles. The molecular weight excluding hydrogens is 336 g/mol. The topological polar surface area (TPSA) is 75.3 Å². The summed E-state index contributed by atoms with van der Waals surface area (Å²) in [7, 11) is -3.37. The van der Waals surface area contributed by atoms with Crippen LogP contribution in [-0.2, 0) is 21.2 Å². The van der Waals surface area contributed by atoms with Gasteiger partial charge in [0.25, 0.3) is 0 Å². The number of amides is 1. The first-order valence-corrected chi connectivity index (χ1v) is 9.91. The summed E-state index contributed by atoms with van der Waals surface area (Å²) in [5.41, 5.74) is 3.86. The van der Waals surface area contributed by atoms with Crippen molar-refractivity contribution in [2.24, 2.45) is 0 Å².